The topological polar surface area (TPSA) is 524 Å². The fraction of sp³-hybridized carbons (Fsp3) is 0.674. The Balaban J connectivity index is 0.635. The highest BCUT2D eigenvalue weighted by Gasteiger charge is 2.47. The van der Waals surface area contributed by atoms with Gasteiger partial charge in [-0.05, 0) is 91.8 Å². The Morgan fingerprint density at radius 2 is 1.06 bits per heavy atom. The molecular weight excluding hydrogens is 1790 g/mol. The first kappa shape index (κ1) is 112. The molecule has 1 fully saturated rings. The predicted octanol–water partition coefficient (Wildman–Crippen LogP) is 2.16. The molecule has 44 heteroatoms. The van der Waals surface area contributed by atoms with Gasteiger partial charge in [0.15, 0.2) is 5.60 Å². The Kier molecular flexibility index (Phi) is 51.9. The number of hydrogen-bond donors (Lipinski definition) is 9. The summed E-state index contributed by atoms with van der Waals surface area (Å²) in [7, 11) is 1.63. The molecule has 6 atom stereocenters. The number of rotatable bonds is 75. The molecule has 4 aliphatic rings. The van der Waals surface area contributed by atoms with Gasteiger partial charge < -0.3 is 147 Å². The molecule has 0 saturated carbocycles. The van der Waals surface area contributed by atoms with E-state index >= 15 is 4.39 Å². The van der Waals surface area contributed by atoms with Crippen molar-refractivity contribution < 1.29 is 152 Å². The maximum atomic E-state index is 15.6. The third-order valence-corrected chi connectivity index (χ3v) is 22.1. The largest absolute Gasteiger partial charge is 0.458 e. The lowest BCUT2D eigenvalue weighted by Crippen LogP contribution is -2.58. The summed E-state index contributed by atoms with van der Waals surface area (Å²) in [6.07, 6.45) is -0.483. The summed E-state index contributed by atoms with van der Waals surface area (Å²) in [6, 6.07) is 3.55. The van der Waals surface area contributed by atoms with Crippen LogP contribution in [0.5, 0.6) is 0 Å². The van der Waals surface area contributed by atoms with Crippen LogP contribution in [0.15, 0.2) is 41.2 Å². The molecule has 136 heavy (non-hydrogen) atoms. The fourth-order valence-electron chi connectivity index (χ4n) is 14.8. The highest BCUT2D eigenvalue weighted by atomic mass is 19.1. The van der Waals surface area contributed by atoms with Crippen LogP contribution in [-0.2, 0) is 165 Å². The molecule has 2 aromatic heterocycles. The van der Waals surface area contributed by atoms with Crippen LogP contribution in [0.4, 0.5) is 19.7 Å². The molecule has 3 aliphatic heterocycles. The third kappa shape index (κ3) is 38.3. The Morgan fingerprint density at radius 3 is 1.51 bits per heavy atom. The van der Waals surface area contributed by atoms with E-state index in [2.05, 4.69) is 37.2 Å². The third-order valence-electron chi connectivity index (χ3n) is 22.1. The number of primary amides is 1. The zero-order valence-corrected chi connectivity index (χ0v) is 79.0. The Hall–Kier alpha value is -9.53. The molecule has 4 aromatic rings. The van der Waals surface area contributed by atoms with Crippen molar-refractivity contribution in [3.8, 4) is 11.4 Å². The maximum Gasteiger partial charge on any atom is 0.407 e. The number of nitrogens with two attached hydrogens (primary N) is 1. The number of pyridine rings is 2. The molecule has 0 radical (unpaired) electrons. The van der Waals surface area contributed by atoms with Crippen molar-refractivity contribution in [3.63, 3.8) is 0 Å². The minimum atomic E-state index is -2.08. The number of likely N-dealkylation sites (tertiary alicyclic amines) is 1. The van der Waals surface area contributed by atoms with Gasteiger partial charge in [0.05, 0.1) is 266 Å². The number of carbonyl (C=O) groups is 10. The Morgan fingerprint density at radius 1 is 0.581 bits per heavy atom. The zero-order chi connectivity index (χ0) is 97.7. The van der Waals surface area contributed by atoms with Gasteiger partial charge in [0.2, 0.25) is 41.4 Å². The van der Waals surface area contributed by atoms with Gasteiger partial charge in [-0.25, -0.2) is 23.8 Å². The molecule has 0 bridgehead atoms. The predicted molar refractivity (Wildman–Crippen MR) is 485 cm³/mol. The standard InChI is InChI=1S/C92H138FN11O32/c1-7-92(116)70-56-76-83-68(58-103(76)88(112)69(70)61-135-89(92)113)81-72(15-14-67-64(5)71(93)57-75(99-83)80(67)81)101-91(115)136-60-65-10-12-66(13-11-65)97-84(108)73(9-8-18-96-90(94)114)100-86(110)82(62(2)3)102-85(109)74(98-78(106)59-104-79(107)55-63(4)87(104)111)16-19-95-77(105)17-20-118-23-24-120-27-28-122-31-32-124-35-36-126-39-40-128-43-44-130-47-48-132-51-52-134-54-53-133-50-49-131-46-45-129-42-41-127-38-37-125-34-33-123-30-29-121-26-25-119-22-21-117-6/h10-13,56-57,62-63,72-74,82,116H,7-9,14-55,58-61H2,1-6H3,(H,95,105)(H,97,108)(H,98,106)(H,100,110)(H,101,115)(H,102,109)(H3,94,96,114)/t63?,72-,73-,74-,82-,92-/m0/s1. The van der Waals surface area contributed by atoms with E-state index in [4.69, 9.17) is 105 Å². The number of imide groups is 1. The van der Waals surface area contributed by atoms with Crippen molar-refractivity contribution >= 4 is 76.0 Å². The molecule has 0 spiro atoms. The summed E-state index contributed by atoms with van der Waals surface area (Å²) >= 11 is 0. The van der Waals surface area contributed by atoms with E-state index in [0.29, 0.717) is 262 Å². The van der Waals surface area contributed by atoms with E-state index in [9.17, 15) is 57.8 Å². The number of halogens is 1. The van der Waals surface area contributed by atoms with Crippen LogP contribution in [0.25, 0.3) is 22.3 Å². The van der Waals surface area contributed by atoms with Crippen molar-refractivity contribution in [2.45, 2.75) is 136 Å². The van der Waals surface area contributed by atoms with Crippen LogP contribution in [-0.4, -0.2) is 355 Å². The number of amides is 10. The molecule has 1 saturated heterocycles. The number of aryl methyl sites for hydroxylation is 1. The van der Waals surface area contributed by atoms with Crippen LogP contribution in [0.1, 0.15) is 118 Å². The van der Waals surface area contributed by atoms with Crippen LogP contribution in [0.2, 0.25) is 0 Å². The summed E-state index contributed by atoms with van der Waals surface area (Å²) in [5.41, 5.74) is 7.01. The molecule has 760 valence electrons. The van der Waals surface area contributed by atoms with E-state index in [-0.39, 0.29) is 120 Å². The number of aliphatic hydroxyl groups is 1. The first-order valence-electron chi connectivity index (χ1n) is 46.4. The van der Waals surface area contributed by atoms with Gasteiger partial charge in [0.25, 0.3) is 5.56 Å². The number of fused-ring (bicyclic) bond motifs is 5. The van der Waals surface area contributed by atoms with Crippen molar-refractivity contribution in [1.82, 2.24) is 46.4 Å². The summed E-state index contributed by atoms with van der Waals surface area (Å²) in [4.78, 5) is 153. The number of esters is 1. The average Bonchev–Trinajstić information content (AvgIpc) is 1.51. The van der Waals surface area contributed by atoms with Gasteiger partial charge in [0, 0.05) is 67.2 Å². The van der Waals surface area contributed by atoms with Crippen molar-refractivity contribution in [3.05, 3.63) is 91.5 Å². The number of aromatic nitrogens is 2. The number of carbonyl (C=O) groups excluding carboxylic acids is 10. The van der Waals surface area contributed by atoms with E-state index < -0.39 is 119 Å². The summed E-state index contributed by atoms with van der Waals surface area (Å²) in [5, 5.41) is 30.9. The second-order valence-corrected chi connectivity index (χ2v) is 32.4. The van der Waals surface area contributed by atoms with Crippen molar-refractivity contribution in [2.75, 3.05) is 263 Å². The number of cyclic esters (lactones) is 1. The Bertz CT molecular complexity index is 4440. The number of benzene rings is 2. The zero-order valence-electron chi connectivity index (χ0n) is 79.0. The van der Waals surface area contributed by atoms with E-state index in [1.807, 2.05) is 0 Å². The number of methoxy groups -OCH3 is 1. The lowest BCUT2D eigenvalue weighted by molar-refractivity contribution is -0.172. The van der Waals surface area contributed by atoms with E-state index in [0.717, 1.165) is 4.90 Å². The van der Waals surface area contributed by atoms with Crippen LogP contribution in [0, 0.1) is 24.6 Å². The smallest absolute Gasteiger partial charge is 0.407 e. The maximum absolute atomic E-state index is 15.6. The minimum absolute atomic E-state index is 0.0192. The van der Waals surface area contributed by atoms with Gasteiger partial charge in [-0.3, -0.25) is 43.3 Å². The number of urea groups is 1. The highest BCUT2D eigenvalue weighted by Crippen LogP contribution is 2.46. The number of alkyl carbamates (subject to hydrolysis) is 1. The SMILES string of the molecule is CC[C@@]1(O)C(=O)OCc2c1cc1n(c2=O)Cc2c-1nc1cc(F)c(C)c3c1c2[C@@H](NC(=O)OCc1ccc(NC(=O)[C@H](CCCNC(N)=O)NC(=O)[C@@H](NC(=O)[C@H](CCNC(=O)CCOCCOCCOCCOCCOCCOCCOCCOCCOCCOCCOCCOCCOCCOCCOCCOCCOCCOC)NC(=O)CN2C(=O)CC(C)C2=O)C(C)C)cc1)CC3. The first-order chi connectivity index (χ1) is 65.9. The summed E-state index contributed by atoms with van der Waals surface area (Å²) in [5.74, 6) is -7.52. The lowest BCUT2D eigenvalue weighted by Gasteiger charge is -2.31. The quantitative estimate of drug-likeness (QED) is 0.0153. The second kappa shape index (κ2) is 63.1. The van der Waals surface area contributed by atoms with Gasteiger partial charge >= 0.3 is 18.1 Å². The van der Waals surface area contributed by atoms with Gasteiger partial charge in [-0.15, -0.1) is 0 Å². The summed E-state index contributed by atoms with van der Waals surface area (Å²) in [6.45, 7) is 21.3. The summed E-state index contributed by atoms with van der Waals surface area (Å²) < 4.78 is 127. The molecular formula is C92H138FN11O32. The van der Waals surface area contributed by atoms with Crippen molar-refractivity contribution in [2.24, 2.45) is 17.6 Å². The molecule has 10 N–H and O–H groups in total. The van der Waals surface area contributed by atoms with Gasteiger partial charge in [-0.2, -0.15) is 0 Å². The van der Waals surface area contributed by atoms with E-state index in [1.165, 1.54) is 22.8 Å². The Labute approximate surface area is 790 Å². The molecule has 10 amide bonds. The fourth-order valence-corrected chi connectivity index (χ4v) is 14.8. The number of nitrogens with one attached hydrogen (secondary N) is 7. The number of anilines is 1. The first-order valence-corrected chi connectivity index (χ1v) is 46.4. The van der Waals surface area contributed by atoms with E-state index in [1.54, 1.807) is 59.9 Å². The lowest BCUT2D eigenvalue weighted by atomic mass is 9.81. The van der Waals surface area contributed by atoms with Crippen LogP contribution < -0.4 is 48.5 Å². The van der Waals surface area contributed by atoms with Crippen molar-refractivity contribution in [1.29, 1.82) is 0 Å². The molecule has 1 aliphatic carbocycles. The van der Waals surface area contributed by atoms with Gasteiger partial charge in [-0.1, -0.05) is 39.8 Å². The minimum Gasteiger partial charge on any atom is -0.458 e. The average molecular weight is 1930 g/mol. The molecule has 5 heterocycles. The molecule has 1 unspecified atom stereocenters. The van der Waals surface area contributed by atoms with Crippen LogP contribution >= 0.6 is 0 Å². The number of nitrogens with zero attached hydrogens (tertiary/aromatic N) is 3. The second-order valence-electron chi connectivity index (χ2n) is 32.4. The number of hydrogen-bond acceptors (Lipinski definition) is 33. The molecule has 8 rings (SSSR count). The normalized spacial score (nSPS) is 16.1. The highest BCUT2D eigenvalue weighted by molar-refractivity contribution is 6.06. The molecule has 43 nitrogen and oxygen atoms in total. The molecule has 2 aromatic carbocycles. The van der Waals surface area contributed by atoms with Gasteiger partial charge in [0.1, 0.15) is 43.7 Å². The number of ether oxygens (including phenoxy) is 20. The van der Waals surface area contributed by atoms with Crippen LogP contribution in [0.3, 0.4) is 0 Å². The monoisotopic (exact) mass is 1930 g/mol.